The Hall–Kier alpha value is -6.64. The highest BCUT2D eigenvalue weighted by Gasteiger charge is 2.20. The second-order valence-electron chi connectivity index (χ2n) is 12.5. The minimum absolute atomic E-state index is 0.171. The van der Waals surface area contributed by atoms with Gasteiger partial charge in [0.05, 0.1) is 12.5 Å². The molecule has 1 aromatic heterocycles. The first kappa shape index (κ1) is 23.6. The maximum atomic E-state index is 8.59. The second-order valence-corrected chi connectivity index (χ2v) is 12.5. The van der Waals surface area contributed by atoms with Crippen LogP contribution in [0.3, 0.4) is 0 Å². The highest BCUT2D eigenvalue weighted by molar-refractivity contribution is 6.19. The highest BCUT2D eigenvalue weighted by atomic mass is 16.3. The molecule has 10 rings (SSSR count). The predicted octanol–water partition coefficient (Wildman–Crippen LogP) is 13.8. The summed E-state index contributed by atoms with van der Waals surface area (Å²) in [5.41, 5.74) is 7.26. The van der Waals surface area contributed by atoms with Crippen LogP contribution in [0.2, 0.25) is 0 Å². The fourth-order valence-corrected chi connectivity index (χ4v) is 7.40. The molecule has 0 aliphatic heterocycles. The Bertz CT molecular complexity index is 3120. The molecule has 0 spiro atoms. The van der Waals surface area contributed by atoms with Gasteiger partial charge in [-0.2, -0.15) is 0 Å². The van der Waals surface area contributed by atoms with E-state index >= 15 is 0 Å². The van der Waals surface area contributed by atoms with Crippen LogP contribution in [0.5, 0.6) is 0 Å². The van der Waals surface area contributed by atoms with E-state index < -0.39 is 6.04 Å². The molecule has 0 unspecified atom stereocenters. The van der Waals surface area contributed by atoms with Crippen molar-refractivity contribution < 1.29 is 11.3 Å². The summed E-state index contributed by atoms with van der Waals surface area (Å²) in [4.78, 5) is 2.20. The number of hydrogen-bond acceptors (Lipinski definition) is 2. The molecule has 0 N–H and O–H groups in total. The van der Waals surface area contributed by atoms with Crippen molar-refractivity contribution in [1.29, 1.82) is 0 Å². The van der Waals surface area contributed by atoms with Gasteiger partial charge >= 0.3 is 0 Å². The third-order valence-electron chi connectivity index (χ3n) is 9.72. The fraction of sp³-hybridized carbons (Fsp3) is 0. The van der Waals surface area contributed by atoms with Crippen LogP contribution in [-0.4, -0.2) is 0 Å². The van der Waals surface area contributed by atoms with Crippen LogP contribution in [-0.2, 0) is 0 Å². The lowest BCUT2D eigenvalue weighted by Crippen LogP contribution is -2.10. The molecule has 234 valence electrons. The van der Waals surface area contributed by atoms with Gasteiger partial charge < -0.3 is 9.32 Å². The van der Waals surface area contributed by atoms with E-state index in [0.717, 1.165) is 60.9 Å². The minimum Gasteiger partial charge on any atom is -0.455 e. The van der Waals surface area contributed by atoms with E-state index in [1.165, 1.54) is 21.5 Å². The van der Waals surface area contributed by atoms with E-state index in [2.05, 4.69) is 120 Å². The number of hydrogen-bond donors (Lipinski definition) is 0. The van der Waals surface area contributed by atoms with E-state index in [4.69, 9.17) is 11.3 Å². The normalized spacial score (nSPS) is 13.0. The van der Waals surface area contributed by atoms with Crippen LogP contribution in [0, 0.1) is 0 Å². The predicted molar refractivity (Wildman–Crippen MR) is 212 cm³/mol. The van der Waals surface area contributed by atoms with Gasteiger partial charge in [0.15, 0.2) is 0 Å². The molecule has 0 bridgehead atoms. The van der Waals surface area contributed by atoms with Gasteiger partial charge in [0, 0.05) is 27.5 Å². The topological polar surface area (TPSA) is 16.4 Å². The summed E-state index contributed by atoms with van der Waals surface area (Å²) in [7, 11) is 0. The van der Waals surface area contributed by atoms with Crippen molar-refractivity contribution in [2.75, 3.05) is 4.90 Å². The highest BCUT2D eigenvalue weighted by Crippen LogP contribution is 2.45. The molecule has 0 atom stereocenters. The number of nitrogens with zero attached hydrogens (tertiary/aromatic N) is 1. The molecule has 0 aliphatic carbocycles. The lowest BCUT2D eigenvalue weighted by atomic mass is 9.93. The smallest absolute Gasteiger partial charge is 0.145 e. The van der Waals surface area contributed by atoms with E-state index in [-0.39, 0.29) is 29.7 Å². The first-order valence-corrected chi connectivity index (χ1v) is 16.7. The van der Waals surface area contributed by atoms with Crippen LogP contribution in [0.4, 0.5) is 17.1 Å². The Morgan fingerprint density at radius 1 is 0.440 bits per heavy atom. The maximum absolute atomic E-state index is 8.59. The number of fused-ring (bicyclic) bond motifs is 8. The summed E-state index contributed by atoms with van der Waals surface area (Å²) in [6.45, 7) is 0. The number of benzene rings is 9. The second kappa shape index (κ2) is 11.5. The van der Waals surface area contributed by atoms with Gasteiger partial charge in [-0.3, -0.25) is 0 Å². The van der Waals surface area contributed by atoms with Crippen LogP contribution in [0.15, 0.2) is 192 Å². The lowest BCUT2D eigenvalue weighted by Gasteiger charge is -2.27. The molecule has 0 saturated heterocycles. The van der Waals surface area contributed by atoms with Gasteiger partial charge in [-0.15, -0.1) is 0 Å². The van der Waals surface area contributed by atoms with E-state index in [0.29, 0.717) is 5.56 Å². The first-order chi connectivity index (χ1) is 26.9. The number of rotatable bonds is 5. The quantitative estimate of drug-likeness (QED) is 0.174. The fourth-order valence-electron chi connectivity index (χ4n) is 7.40. The van der Waals surface area contributed by atoms with E-state index in [9.17, 15) is 0 Å². The van der Waals surface area contributed by atoms with Gasteiger partial charge in [-0.1, -0.05) is 139 Å². The van der Waals surface area contributed by atoms with Crippen LogP contribution < -0.4 is 4.90 Å². The summed E-state index contributed by atoms with van der Waals surface area (Å²) in [5, 5.41) is 8.90. The maximum Gasteiger partial charge on any atom is 0.145 e. The Labute approximate surface area is 297 Å². The molecule has 0 fully saturated rings. The van der Waals surface area contributed by atoms with E-state index in [1.807, 2.05) is 42.5 Å². The van der Waals surface area contributed by atoms with Crippen molar-refractivity contribution in [1.82, 2.24) is 0 Å². The molecule has 50 heavy (non-hydrogen) atoms. The molecular formula is C48H31NO. The van der Waals surface area contributed by atoms with Gasteiger partial charge in [0.25, 0.3) is 0 Å². The zero-order valence-corrected chi connectivity index (χ0v) is 26.9. The van der Waals surface area contributed by atoms with Crippen molar-refractivity contribution in [2.45, 2.75) is 0 Å². The van der Waals surface area contributed by atoms with Crippen molar-refractivity contribution in [2.24, 2.45) is 0 Å². The summed E-state index contributed by atoms with van der Waals surface area (Å²) >= 11 is 0. The largest absolute Gasteiger partial charge is 0.455 e. The zero-order chi connectivity index (χ0) is 37.4. The van der Waals surface area contributed by atoms with Crippen molar-refractivity contribution in [3.8, 4) is 22.3 Å². The van der Waals surface area contributed by atoms with Crippen LogP contribution in [0.1, 0.15) is 6.85 Å². The summed E-state index contributed by atoms with van der Waals surface area (Å²) in [6.07, 6.45) is 0. The third kappa shape index (κ3) is 4.57. The minimum atomic E-state index is -0.408. The molecular weight excluding hydrogens is 607 g/mol. The average Bonchev–Trinajstić information content (AvgIpc) is 3.62. The Kier molecular flexibility index (Phi) is 5.44. The molecule has 9 aromatic carbocycles. The summed E-state index contributed by atoms with van der Waals surface area (Å²) in [6, 6.07) is 52.5. The number of para-hydroxylation sites is 1. The Morgan fingerprint density at radius 3 is 1.86 bits per heavy atom. The van der Waals surface area contributed by atoms with Gasteiger partial charge in [0.1, 0.15) is 11.2 Å². The molecule has 0 amide bonds. The Morgan fingerprint density at radius 2 is 1.08 bits per heavy atom. The first-order valence-electron chi connectivity index (χ1n) is 19.2. The molecule has 0 saturated carbocycles. The van der Waals surface area contributed by atoms with Crippen LogP contribution >= 0.6 is 0 Å². The number of furan rings is 1. The zero-order valence-electron chi connectivity index (χ0n) is 31.9. The molecule has 0 aliphatic rings. The third-order valence-corrected chi connectivity index (χ3v) is 9.72. The van der Waals surface area contributed by atoms with E-state index in [1.54, 1.807) is 0 Å². The van der Waals surface area contributed by atoms with Gasteiger partial charge in [0.2, 0.25) is 0 Å². The van der Waals surface area contributed by atoms with Crippen molar-refractivity contribution >= 4 is 71.3 Å². The Balaban J connectivity index is 1.18. The molecule has 1 heterocycles. The molecule has 2 nitrogen and oxygen atoms in total. The number of anilines is 3. The van der Waals surface area contributed by atoms with Gasteiger partial charge in [-0.25, -0.2) is 0 Å². The standard InChI is InChI=1S/C48H31NO/c1-2-11-32(12-3-1)33-21-26-37(27-22-33)49(45-19-10-14-35-25-30-43-42-18-8-9-20-46(42)50-48(43)47(35)45)38-28-23-34(24-29-38)44-31-36-13-4-5-15-39(36)40-16-6-7-17-41(40)44/h1-31H/i1D,2D,3D,11D,12D. The van der Waals surface area contributed by atoms with Crippen LogP contribution in [0.25, 0.3) is 76.5 Å². The van der Waals surface area contributed by atoms with Gasteiger partial charge in [-0.05, 0) is 97.7 Å². The summed E-state index contributed by atoms with van der Waals surface area (Å²) in [5.74, 6) is 0. The van der Waals surface area contributed by atoms with Crippen molar-refractivity contribution in [3.05, 3.63) is 188 Å². The molecule has 10 aromatic rings. The lowest BCUT2D eigenvalue weighted by molar-refractivity contribution is 0.672. The molecule has 0 radical (unpaired) electrons. The summed E-state index contributed by atoms with van der Waals surface area (Å²) < 4.78 is 48.3. The molecule has 2 heteroatoms. The monoisotopic (exact) mass is 642 g/mol. The SMILES string of the molecule is [2H]c1c([2H])c([2H])c(-c2ccc(N(c3ccc(-c4cc5ccccc5c5ccccc45)cc3)c3cccc4ccc5c6ccccc6oc5c34)cc2)c([2H])c1[2H]. The van der Waals surface area contributed by atoms with Crippen molar-refractivity contribution in [3.63, 3.8) is 0 Å². The average molecular weight is 643 g/mol.